The lowest BCUT2D eigenvalue weighted by atomic mass is 10.0. The molecule has 0 fully saturated rings. The standard InChI is InChI=1S/C13H12FNO/c1-16-10-5-2-4-9(8-10)13-11(14)6-3-7-12(13)15/h2-8H,15H2,1H3. The Morgan fingerprint density at radius 3 is 2.56 bits per heavy atom. The van der Waals surface area contributed by atoms with Crippen LogP contribution < -0.4 is 10.5 Å². The largest absolute Gasteiger partial charge is 0.497 e. The summed E-state index contributed by atoms with van der Waals surface area (Å²) >= 11 is 0. The van der Waals surface area contributed by atoms with Crippen molar-refractivity contribution in [1.29, 1.82) is 0 Å². The summed E-state index contributed by atoms with van der Waals surface area (Å²) in [5, 5.41) is 0. The van der Waals surface area contributed by atoms with E-state index in [0.29, 0.717) is 17.0 Å². The Morgan fingerprint density at radius 2 is 1.88 bits per heavy atom. The summed E-state index contributed by atoms with van der Waals surface area (Å²) in [4.78, 5) is 0. The number of rotatable bonds is 2. The zero-order chi connectivity index (χ0) is 11.5. The van der Waals surface area contributed by atoms with Gasteiger partial charge in [0.05, 0.1) is 7.11 Å². The zero-order valence-electron chi connectivity index (χ0n) is 8.91. The van der Waals surface area contributed by atoms with Crippen LogP contribution in [-0.4, -0.2) is 7.11 Å². The van der Waals surface area contributed by atoms with Gasteiger partial charge in [0.25, 0.3) is 0 Å². The van der Waals surface area contributed by atoms with Crippen LogP contribution in [0.4, 0.5) is 10.1 Å². The Kier molecular flexibility index (Phi) is 2.77. The Hall–Kier alpha value is -2.03. The molecule has 0 atom stereocenters. The van der Waals surface area contributed by atoms with Gasteiger partial charge in [-0.2, -0.15) is 0 Å². The third kappa shape index (κ3) is 1.84. The van der Waals surface area contributed by atoms with Gasteiger partial charge >= 0.3 is 0 Å². The van der Waals surface area contributed by atoms with E-state index in [4.69, 9.17) is 10.5 Å². The van der Waals surface area contributed by atoms with Crippen LogP contribution in [0.3, 0.4) is 0 Å². The van der Waals surface area contributed by atoms with E-state index >= 15 is 0 Å². The molecule has 0 radical (unpaired) electrons. The molecular formula is C13H12FNO. The van der Waals surface area contributed by atoms with Crippen LogP contribution in [-0.2, 0) is 0 Å². The van der Waals surface area contributed by atoms with Crippen LogP contribution in [0.25, 0.3) is 11.1 Å². The summed E-state index contributed by atoms with van der Waals surface area (Å²) in [7, 11) is 1.57. The van der Waals surface area contributed by atoms with Gasteiger partial charge in [0.2, 0.25) is 0 Å². The molecule has 0 aliphatic carbocycles. The third-order valence-electron chi connectivity index (χ3n) is 2.40. The first-order valence-corrected chi connectivity index (χ1v) is 4.91. The summed E-state index contributed by atoms with van der Waals surface area (Å²) < 4.78 is 18.7. The van der Waals surface area contributed by atoms with Gasteiger partial charge in [-0.1, -0.05) is 18.2 Å². The molecule has 2 nitrogen and oxygen atoms in total. The lowest BCUT2D eigenvalue weighted by Crippen LogP contribution is -1.93. The van der Waals surface area contributed by atoms with Gasteiger partial charge in [0.15, 0.2) is 0 Å². The lowest BCUT2D eigenvalue weighted by Gasteiger charge is -2.08. The monoisotopic (exact) mass is 217 g/mol. The highest BCUT2D eigenvalue weighted by atomic mass is 19.1. The number of hydrogen-bond donors (Lipinski definition) is 1. The molecule has 2 aromatic rings. The molecule has 2 rings (SSSR count). The molecule has 2 aromatic carbocycles. The smallest absolute Gasteiger partial charge is 0.133 e. The molecule has 0 saturated carbocycles. The molecular weight excluding hydrogens is 205 g/mol. The summed E-state index contributed by atoms with van der Waals surface area (Å²) in [6.45, 7) is 0. The van der Waals surface area contributed by atoms with Crippen molar-refractivity contribution < 1.29 is 9.13 Å². The predicted octanol–water partition coefficient (Wildman–Crippen LogP) is 3.08. The van der Waals surface area contributed by atoms with Crippen LogP contribution in [0.1, 0.15) is 0 Å². The number of anilines is 1. The van der Waals surface area contributed by atoms with Crippen LogP contribution >= 0.6 is 0 Å². The Bertz CT molecular complexity index is 491. The Balaban J connectivity index is 2.58. The second kappa shape index (κ2) is 4.23. The molecule has 0 saturated heterocycles. The van der Waals surface area contributed by atoms with Crippen molar-refractivity contribution in [3.63, 3.8) is 0 Å². The second-order valence-electron chi connectivity index (χ2n) is 3.44. The molecule has 0 unspecified atom stereocenters. The van der Waals surface area contributed by atoms with Gasteiger partial charge in [-0.25, -0.2) is 4.39 Å². The van der Waals surface area contributed by atoms with E-state index in [0.717, 1.165) is 5.56 Å². The van der Waals surface area contributed by atoms with Gasteiger partial charge in [0, 0.05) is 11.3 Å². The Labute approximate surface area is 93.5 Å². The number of benzene rings is 2. The van der Waals surface area contributed by atoms with Crippen molar-refractivity contribution in [2.24, 2.45) is 0 Å². The first kappa shape index (κ1) is 10.5. The average molecular weight is 217 g/mol. The van der Waals surface area contributed by atoms with Gasteiger partial charge < -0.3 is 10.5 Å². The van der Waals surface area contributed by atoms with E-state index in [9.17, 15) is 4.39 Å². The summed E-state index contributed by atoms with van der Waals surface area (Å²) in [5.41, 5.74) is 7.32. The van der Waals surface area contributed by atoms with Crippen molar-refractivity contribution in [3.05, 3.63) is 48.3 Å². The third-order valence-corrected chi connectivity index (χ3v) is 2.40. The average Bonchev–Trinajstić information content (AvgIpc) is 2.29. The van der Waals surface area contributed by atoms with Gasteiger partial charge in [-0.3, -0.25) is 0 Å². The fourth-order valence-corrected chi connectivity index (χ4v) is 1.62. The topological polar surface area (TPSA) is 35.2 Å². The Morgan fingerprint density at radius 1 is 1.12 bits per heavy atom. The molecule has 3 heteroatoms. The molecule has 2 N–H and O–H groups in total. The van der Waals surface area contributed by atoms with Crippen LogP contribution in [0, 0.1) is 5.82 Å². The maximum Gasteiger partial charge on any atom is 0.133 e. The molecule has 0 aliphatic rings. The number of ether oxygens (including phenoxy) is 1. The van der Waals surface area contributed by atoms with E-state index in [1.54, 1.807) is 43.5 Å². The summed E-state index contributed by atoms with van der Waals surface area (Å²) in [6, 6.07) is 11.8. The normalized spacial score (nSPS) is 10.1. The zero-order valence-corrected chi connectivity index (χ0v) is 8.91. The first-order chi connectivity index (χ1) is 7.72. The van der Waals surface area contributed by atoms with Crippen LogP contribution in [0.5, 0.6) is 5.75 Å². The second-order valence-corrected chi connectivity index (χ2v) is 3.44. The van der Waals surface area contributed by atoms with Crippen molar-refractivity contribution >= 4 is 5.69 Å². The van der Waals surface area contributed by atoms with Crippen molar-refractivity contribution in [2.45, 2.75) is 0 Å². The van der Waals surface area contributed by atoms with Gasteiger partial charge in [-0.15, -0.1) is 0 Å². The fraction of sp³-hybridized carbons (Fsp3) is 0.0769. The number of nitrogen functional groups attached to an aromatic ring is 1. The van der Waals surface area contributed by atoms with Gasteiger partial charge in [-0.05, 0) is 29.8 Å². The maximum absolute atomic E-state index is 13.7. The fourth-order valence-electron chi connectivity index (χ4n) is 1.62. The van der Waals surface area contributed by atoms with Crippen molar-refractivity contribution in [3.8, 4) is 16.9 Å². The van der Waals surface area contributed by atoms with Crippen molar-refractivity contribution in [2.75, 3.05) is 12.8 Å². The SMILES string of the molecule is COc1cccc(-c2c(N)cccc2F)c1. The van der Waals surface area contributed by atoms with Crippen LogP contribution in [0.15, 0.2) is 42.5 Å². The molecule has 82 valence electrons. The van der Waals surface area contributed by atoms with E-state index in [2.05, 4.69) is 0 Å². The molecule has 0 heterocycles. The highest BCUT2D eigenvalue weighted by molar-refractivity contribution is 5.77. The van der Waals surface area contributed by atoms with Crippen molar-refractivity contribution in [1.82, 2.24) is 0 Å². The van der Waals surface area contributed by atoms with E-state index < -0.39 is 0 Å². The van der Waals surface area contributed by atoms with E-state index in [1.807, 2.05) is 0 Å². The van der Waals surface area contributed by atoms with Crippen LogP contribution in [0.2, 0.25) is 0 Å². The van der Waals surface area contributed by atoms with E-state index in [-0.39, 0.29) is 5.82 Å². The summed E-state index contributed by atoms with van der Waals surface area (Å²) in [6.07, 6.45) is 0. The molecule has 0 amide bonds. The van der Waals surface area contributed by atoms with Gasteiger partial charge in [0.1, 0.15) is 11.6 Å². The quantitative estimate of drug-likeness (QED) is 0.784. The minimum absolute atomic E-state index is 0.326. The number of methoxy groups -OCH3 is 1. The molecule has 0 spiro atoms. The minimum Gasteiger partial charge on any atom is -0.497 e. The number of halogens is 1. The number of hydrogen-bond acceptors (Lipinski definition) is 2. The lowest BCUT2D eigenvalue weighted by molar-refractivity contribution is 0.415. The number of nitrogens with two attached hydrogens (primary N) is 1. The molecule has 0 bridgehead atoms. The maximum atomic E-state index is 13.7. The first-order valence-electron chi connectivity index (χ1n) is 4.91. The highest BCUT2D eigenvalue weighted by Crippen LogP contribution is 2.30. The van der Waals surface area contributed by atoms with E-state index in [1.165, 1.54) is 6.07 Å². The predicted molar refractivity (Wildman–Crippen MR) is 62.8 cm³/mol. The molecule has 0 aliphatic heterocycles. The highest BCUT2D eigenvalue weighted by Gasteiger charge is 2.08. The molecule has 0 aromatic heterocycles. The summed E-state index contributed by atoms with van der Waals surface area (Å²) in [5.74, 6) is 0.355. The molecule has 16 heavy (non-hydrogen) atoms. The minimum atomic E-state index is -0.326.